The van der Waals surface area contributed by atoms with Crippen LogP contribution in [0.25, 0.3) is 5.69 Å². The highest BCUT2D eigenvalue weighted by Gasteiger charge is 2.52. The highest BCUT2D eigenvalue weighted by Crippen LogP contribution is 2.35. The molecule has 1 aromatic heterocycles. The van der Waals surface area contributed by atoms with Crippen LogP contribution in [-0.2, 0) is 10.3 Å². The third-order valence-corrected chi connectivity index (χ3v) is 7.01. The number of aryl methyl sites for hydroxylation is 1. The molecule has 6 nitrogen and oxygen atoms in total. The van der Waals surface area contributed by atoms with Gasteiger partial charge in [-0.15, -0.1) is 0 Å². The lowest BCUT2D eigenvalue weighted by Gasteiger charge is -2.29. The van der Waals surface area contributed by atoms with Crippen LogP contribution in [0.5, 0.6) is 0 Å². The molecule has 0 unspecified atom stereocenters. The Balaban J connectivity index is 1.62. The topological polar surface area (TPSA) is 71.4 Å². The summed E-state index contributed by atoms with van der Waals surface area (Å²) in [6.07, 6.45) is 0.452. The molecule has 3 amide bonds. The minimum absolute atomic E-state index is 0.158. The number of rotatable bonds is 8. The summed E-state index contributed by atoms with van der Waals surface area (Å²) >= 11 is 0. The number of aromatic nitrogens is 1. The molecule has 1 N–H and O–H groups in total. The molecule has 2 aromatic carbocycles. The lowest BCUT2D eigenvalue weighted by Crippen LogP contribution is -2.45. The van der Waals surface area contributed by atoms with E-state index in [2.05, 4.69) is 43.4 Å². The molecule has 1 atom stereocenters. The molecule has 0 aliphatic carbocycles. The van der Waals surface area contributed by atoms with Crippen LogP contribution in [0.2, 0.25) is 0 Å². The largest absolute Gasteiger partial charge is 0.325 e. The average molecular weight is 486 g/mol. The van der Waals surface area contributed by atoms with E-state index in [9.17, 15) is 14.4 Å². The van der Waals surface area contributed by atoms with Crippen molar-refractivity contribution in [1.29, 1.82) is 0 Å². The zero-order valence-electron chi connectivity index (χ0n) is 22.0. The minimum atomic E-state index is -1.16. The number of Topliss-reactive ketones (excluding diaryl/α,β-unsaturated/α-hetero) is 1. The summed E-state index contributed by atoms with van der Waals surface area (Å²) < 4.78 is 2.04. The molecule has 1 aliphatic rings. The van der Waals surface area contributed by atoms with Crippen molar-refractivity contribution >= 4 is 17.7 Å². The van der Waals surface area contributed by atoms with Gasteiger partial charge in [0.25, 0.3) is 5.91 Å². The molecule has 1 saturated heterocycles. The van der Waals surface area contributed by atoms with E-state index in [-0.39, 0.29) is 24.2 Å². The molecule has 2 heterocycles. The van der Waals surface area contributed by atoms with Gasteiger partial charge in [-0.2, -0.15) is 0 Å². The van der Waals surface area contributed by atoms with Crippen molar-refractivity contribution in [1.82, 2.24) is 14.8 Å². The normalized spacial score (nSPS) is 17.8. The summed E-state index contributed by atoms with van der Waals surface area (Å²) in [5.41, 5.74) is 4.02. The highest BCUT2D eigenvalue weighted by molar-refractivity contribution is 6.11. The van der Waals surface area contributed by atoms with Gasteiger partial charge in [-0.1, -0.05) is 70.2 Å². The van der Waals surface area contributed by atoms with E-state index in [1.165, 1.54) is 5.56 Å². The fourth-order valence-corrected chi connectivity index (χ4v) is 5.24. The van der Waals surface area contributed by atoms with Gasteiger partial charge in [0.05, 0.1) is 6.54 Å². The first-order valence-corrected chi connectivity index (χ1v) is 12.6. The summed E-state index contributed by atoms with van der Waals surface area (Å²) in [6, 6.07) is 18.9. The van der Waals surface area contributed by atoms with Crippen molar-refractivity contribution in [3.05, 3.63) is 88.7 Å². The minimum Gasteiger partial charge on any atom is -0.319 e. The van der Waals surface area contributed by atoms with Crippen molar-refractivity contribution < 1.29 is 14.4 Å². The number of nitrogens with zero attached hydrogens (tertiary/aromatic N) is 2. The van der Waals surface area contributed by atoms with Crippen LogP contribution in [-0.4, -0.2) is 33.7 Å². The summed E-state index contributed by atoms with van der Waals surface area (Å²) in [5.74, 6) is -0.0408. The Bertz CT molecular complexity index is 1290. The molecule has 188 valence electrons. The number of imide groups is 1. The molecule has 1 aliphatic heterocycles. The fraction of sp³-hybridized carbons (Fsp3) is 0.367. The lowest BCUT2D eigenvalue weighted by atomic mass is 9.82. The second kappa shape index (κ2) is 9.76. The van der Waals surface area contributed by atoms with E-state index >= 15 is 0 Å². The van der Waals surface area contributed by atoms with Crippen LogP contribution in [0.15, 0.2) is 60.7 Å². The van der Waals surface area contributed by atoms with Crippen LogP contribution in [0, 0.1) is 19.8 Å². The van der Waals surface area contributed by atoms with Crippen LogP contribution in [0.3, 0.4) is 0 Å². The number of hydrogen-bond donors (Lipinski definition) is 1. The monoisotopic (exact) mass is 485 g/mol. The van der Waals surface area contributed by atoms with Crippen LogP contribution in [0.4, 0.5) is 4.79 Å². The maximum atomic E-state index is 13.7. The smallest absolute Gasteiger partial charge is 0.319 e. The number of urea groups is 1. The lowest BCUT2D eigenvalue weighted by molar-refractivity contribution is -0.132. The Kier molecular flexibility index (Phi) is 6.90. The molecule has 0 radical (unpaired) electrons. The SMILES string of the molecule is Cc1cc(C(=O)CN2C(=O)N[C@@](CC(C)C)(c3ccccc3)C2=O)c(C)n1-c1ccc(C(C)C)cc1. The van der Waals surface area contributed by atoms with Gasteiger partial charge in [0, 0.05) is 22.6 Å². The second-order valence-corrected chi connectivity index (χ2v) is 10.5. The summed E-state index contributed by atoms with van der Waals surface area (Å²) in [4.78, 5) is 41.2. The molecular formula is C30H35N3O3. The number of carbonyl (C=O) groups is 3. The molecular weight excluding hydrogens is 450 g/mol. The van der Waals surface area contributed by atoms with Crippen LogP contribution < -0.4 is 5.32 Å². The highest BCUT2D eigenvalue weighted by atomic mass is 16.2. The first kappa shape index (κ1) is 25.4. The number of benzene rings is 2. The van der Waals surface area contributed by atoms with Gasteiger partial charge in [-0.05, 0) is 61.4 Å². The summed E-state index contributed by atoms with van der Waals surface area (Å²) in [6.45, 7) is 11.9. The van der Waals surface area contributed by atoms with Crippen LogP contribution in [0.1, 0.15) is 72.9 Å². The maximum Gasteiger partial charge on any atom is 0.325 e. The Labute approximate surface area is 213 Å². The van der Waals surface area contributed by atoms with E-state index in [4.69, 9.17) is 0 Å². The Morgan fingerprint density at radius 1 is 0.944 bits per heavy atom. The molecule has 3 aromatic rings. The van der Waals surface area contributed by atoms with Gasteiger partial charge in [-0.25, -0.2) is 4.79 Å². The number of ketones is 1. The van der Waals surface area contributed by atoms with Crippen molar-refractivity contribution in [2.75, 3.05) is 6.54 Å². The van der Waals surface area contributed by atoms with Gasteiger partial charge in [0.1, 0.15) is 5.54 Å². The summed E-state index contributed by atoms with van der Waals surface area (Å²) in [5, 5.41) is 2.92. The van der Waals surface area contributed by atoms with E-state index in [0.717, 1.165) is 27.5 Å². The zero-order valence-corrected chi connectivity index (χ0v) is 22.0. The second-order valence-electron chi connectivity index (χ2n) is 10.5. The van der Waals surface area contributed by atoms with Gasteiger partial charge >= 0.3 is 6.03 Å². The molecule has 36 heavy (non-hydrogen) atoms. The molecule has 0 bridgehead atoms. The first-order valence-electron chi connectivity index (χ1n) is 12.6. The Morgan fingerprint density at radius 2 is 1.58 bits per heavy atom. The van der Waals surface area contributed by atoms with E-state index in [1.807, 2.05) is 68.7 Å². The molecule has 4 rings (SSSR count). The van der Waals surface area contributed by atoms with Crippen molar-refractivity contribution in [2.45, 2.75) is 59.4 Å². The number of nitrogens with one attached hydrogen (secondary N) is 1. The van der Waals surface area contributed by atoms with Crippen molar-refractivity contribution in [3.8, 4) is 5.69 Å². The van der Waals surface area contributed by atoms with Crippen LogP contribution >= 0.6 is 0 Å². The zero-order chi connectivity index (χ0) is 26.2. The number of carbonyl (C=O) groups excluding carboxylic acids is 3. The van der Waals surface area contributed by atoms with E-state index in [0.29, 0.717) is 17.9 Å². The van der Waals surface area contributed by atoms with Crippen molar-refractivity contribution in [3.63, 3.8) is 0 Å². The van der Waals surface area contributed by atoms with Gasteiger partial charge in [-0.3, -0.25) is 14.5 Å². The predicted molar refractivity (Wildman–Crippen MR) is 141 cm³/mol. The number of amides is 3. The molecule has 0 saturated carbocycles. The third-order valence-electron chi connectivity index (χ3n) is 7.01. The fourth-order valence-electron chi connectivity index (χ4n) is 5.24. The molecule has 6 heteroatoms. The quantitative estimate of drug-likeness (QED) is 0.319. The van der Waals surface area contributed by atoms with Crippen molar-refractivity contribution in [2.24, 2.45) is 5.92 Å². The third kappa shape index (κ3) is 4.48. The van der Waals surface area contributed by atoms with Gasteiger partial charge < -0.3 is 9.88 Å². The maximum absolute atomic E-state index is 13.7. The average Bonchev–Trinajstić information content (AvgIpc) is 3.27. The van der Waals surface area contributed by atoms with Gasteiger partial charge in [0.2, 0.25) is 0 Å². The summed E-state index contributed by atoms with van der Waals surface area (Å²) in [7, 11) is 0. The number of hydrogen-bond acceptors (Lipinski definition) is 3. The van der Waals surface area contributed by atoms with E-state index in [1.54, 1.807) is 0 Å². The van der Waals surface area contributed by atoms with Gasteiger partial charge in [0.15, 0.2) is 5.78 Å². The molecule has 1 fully saturated rings. The Hall–Kier alpha value is -3.67. The predicted octanol–water partition coefficient (Wildman–Crippen LogP) is 5.89. The van der Waals surface area contributed by atoms with E-state index < -0.39 is 11.6 Å². The first-order chi connectivity index (χ1) is 17.0. The Morgan fingerprint density at radius 3 is 2.17 bits per heavy atom. The molecule has 0 spiro atoms. The standard InChI is InChI=1S/C30H35N3O3/c1-19(2)17-30(24-10-8-7-9-11-24)28(35)32(29(36)31-30)18-27(34)26-16-21(5)33(22(26)6)25-14-12-23(13-15-25)20(3)4/h7-16,19-20H,17-18H2,1-6H3,(H,31,36)/t30-/m0/s1.